The van der Waals surface area contributed by atoms with Crippen LogP contribution in [0.25, 0.3) is 0 Å². The lowest BCUT2D eigenvalue weighted by atomic mass is 9.84. The van der Waals surface area contributed by atoms with E-state index in [1.54, 1.807) is 6.20 Å². The van der Waals surface area contributed by atoms with Crippen molar-refractivity contribution in [2.75, 3.05) is 14.2 Å². The summed E-state index contributed by atoms with van der Waals surface area (Å²) < 4.78 is 24.3. The third-order valence-electron chi connectivity index (χ3n) is 6.33. The normalized spacial score (nSPS) is 18.1. The first-order valence-corrected chi connectivity index (χ1v) is 14.0. The molecule has 1 saturated carbocycles. The van der Waals surface area contributed by atoms with Crippen LogP contribution in [0.3, 0.4) is 0 Å². The second-order valence-electron chi connectivity index (χ2n) is 10.8. The van der Waals surface area contributed by atoms with Gasteiger partial charge < -0.3 is 19.5 Å². The van der Waals surface area contributed by atoms with E-state index in [1.165, 1.54) is 31.5 Å². The number of rotatable bonds is 11. The van der Waals surface area contributed by atoms with E-state index in [0.29, 0.717) is 24.5 Å². The molecule has 0 aromatic carbocycles. The molecule has 1 aliphatic carbocycles. The second kappa shape index (κ2) is 13.1. The zero-order valence-corrected chi connectivity index (χ0v) is 22.8. The first-order valence-electron chi connectivity index (χ1n) is 12.4. The summed E-state index contributed by atoms with van der Waals surface area (Å²) in [6.07, 6.45) is 10.0. The predicted molar refractivity (Wildman–Crippen MR) is 134 cm³/mol. The van der Waals surface area contributed by atoms with Crippen LogP contribution in [0.15, 0.2) is 12.5 Å². The summed E-state index contributed by atoms with van der Waals surface area (Å²) in [6, 6.07) is -1.18. The number of amides is 2. The molecular formula is C24H43N4O6P. The molecule has 0 saturated heterocycles. The highest BCUT2D eigenvalue weighted by atomic mass is 31.2. The SMILES string of the molecule is COP(=O)(OC)C(O)[C@H](CC1CCCCC1)N[C@H](C)Cc1cn(C(=O)NC(=O)CC(C)(C)C)cn1. The Morgan fingerprint density at radius 1 is 1.23 bits per heavy atom. The number of imide groups is 1. The number of nitrogens with one attached hydrogen (secondary N) is 2. The zero-order valence-electron chi connectivity index (χ0n) is 22.0. The van der Waals surface area contributed by atoms with Gasteiger partial charge in [0, 0.05) is 45.3 Å². The van der Waals surface area contributed by atoms with E-state index in [1.807, 2.05) is 27.7 Å². The van der Waals surface area contributed by atoms with Gasteiger partial charge in [-0.2, -0.15) is 0 Å². The quantitative estimate of drug-likeness (QED) is 0.377. The fourth-order valence-corrected chi connectivity index (χ4v) is 5.83. The Labute approximate surface area is 209 Å². The number of aliphatic hydroxyl groups is 1. The van der Waals surface area contributed by atoms with Gasteiger partial charge in [-0.25, -0.2) is 9.78 Å². The number of hydrogen-bond acceptors (Lipinski definition) is 8. The molecule has 11 heteroatoms. The number of imidazole rings is 1. The van der Waals surface area contributed by atoms with E-state index >= 15 is 0 Å². The van der Waals surface area contributed by atoms with Gasteiger partial charge in [0.25, 0.3) is 0 Å². The summed E-state index contributed by atoms with van der Waals surface area (Å²) in [4.78, 5) is 28.7. The standard InChI is InChI=1S/C24H43N4O6P/c1-17(12-19-15-28(16-25-19)23(31)27-21(29)14-24(2,3)4)26-20(13-18-10-8-7-9-11-18)22(30)35(32,33-5)34-6/h15-18,20,22,26,30H,7-14H2,1-6H3,(H,27,29,31)/t17-,20+,22?/m1/s1. The van der Waals surface area contributed by atoms with Crippen molar-refractivity contribution < 1.29 is 28.3 Å². The van der Waals surface area contributed by atoms with Gasteiger partial charge in [0.15, 0.2) is 5.85 Å². The second-order valence-corrected chi connectivity index (χ2v) is 13.1. The molecule has 1 aromatic rings. The molecule has 35 heavy (non-hydrogen) atoms. The summed E-state index contributed by atoms with van der Waals surface area (Å²) in [7, 11) is -1.13. The highest BCUT2D eigenvalue weighted by Crippen LogP contribution is 2.52. The van der Waals surface area contributed by atoms with Crippen molar-refractivity contribution in [3.05, 3.63) is 18.2 Å². The van der Waals surface area contributed by atoms with Gasteiger partial charge in [0.05, 0.1) is 5.69 Å². The lowest BCUT2D eigenvalue weighted by Gasteiger charge is -2.34. The topological polar surface area (TPSA) is 132 Å². The van der Waals surface area contributed by atoms with Gasteiger partial charge >= 0.3 is 13.6 Å². The lowest BCUT2D eigenvalue weighted by molar-refractivity contribution is -0.121. The fourth-order valence-electron chi connectivity index (χ4n) is 4.60. The number of carbonyl (C=O) groups is 2. The molecule has 1 unspecified atom stereocenters. The summed E-state index contributed by atoms with van der Waals surface area (Å²) in [5, 5.41) is 16.7. The molecule has 3 N–H and O–H groups in total. The third-order valence-corrected chi connectivity index (χ3v) is 8.35. The third kappa shape index (κ3) is 9.42. The summed E-state index contributed by atoms with van der Waals surface area (Å²) in [5.41, 5.74) is 0.427. The van der Waals surface area contributed by atoms with Crippen LogP contribution in [0.2, 0.25) is 0 Å². The maximum absolute atomic E-state index is 12.9. The van der Waals surface area contributed by atoms with Crippen molar-refractivity contribution in [2.24, 2.45) is 11.3 Å². The van der Waals surface area contributed by atoms with Crippen LogP contribution in [0, 0.1) is 11.3 Å². The van der Waals surface area contributed by atoms with E-state index in [4.69, 9.17) is 9.05 Å². The van der Waals surface area contributed by atoms with Gasteiger partial charge in [0.1, 0.15) is 6.33 Å². The molecule has 200 valence electrons. The Morgan fingerprint density at radius 3 is 2.43 bits per heavy atom. The monoisotopic (exact) mass is 514 g/mol. The molecule has 1 aromatic heterocycles. The largest absolute Gasteiger partial charge is 0.379 e. The average molecular weight is 515 g/mol. The molecule has 1 fully saturated rings. The van der Waals surface area contributed by atoms with E-state index in [0.717, 1.165) is 25.7 Å². The molecule has 2 rings (SSSR count). The number of aliphatic hydroxyl groups excluding tert-OH is 1. The smallest absolute Gasteiger partial charge is 0.359 e. The van der Waals surface area contributed by atoms with Crippen LogP contribution in [0.1, 0.15) is 78.3 Å². The first kappa shape index (κ1) is 29.6. The highest BCUT2D eigenvalue weighted by Gasteiger charge is 2.40. The van der Waals surface area contributed by atoms with Gasteiger partial charge in [-0.15, -0.1) is 0 Å². The summed E-state index contributed by atoms with van der Waals surface area (Å²) in [6.45, 7) is 7.73. The molecule has 0 spiro atoms. The van der Waals surface area contributed by atoms with Crippen molar-refractivity contribution in [1.29, 1.82) is 0 Å². The Kier molecular flexibility index (Phi) is 11.1. The van der Waals surface area contributed by atoms with Gasteiger partial charge in [-0.3, -0.25) is 19.2 Å². The molecule has 0 bridgehead atoms. The van der Waals surface area contributed by atoms with Crippen LogP contribution >= 0.6 is 7.60 Å². The summed E-state index contributed by atoms with van der Waals surface area (Å²) in [5.74, 6) is -1.22. The van der Waals surface area contributed by atoms with Crippen molar-refractivity contribution in [1.82, 2.24) is 20.2 Å². The van der Waals surface area contributed by atoms with E-state index in [2.05, 4.69) is 15.6 Å². The molecule has 2 amide bonds. The maximum Gasteiger partial charge on any atom is 0.359 e. The molecular weight excluding hydrogens is 471 g/mol. The Bertz CT molecular complexity index is 870. The number of carbonyl (C=O) groups excluding carboxylic acids is 2. The summed E-state index contributed by atoms with van der Waals surface area (Å²) >= 11 is 0. The Morgan fingerprint density at radius 2 is 1.86 bits per heavy atom. The van der Waals surface area contributed by atoms with Crippen LogP contribution in [-0.2, 0) is 24.8 Å². The van der Waals surface area contributed by atoms with E-state index in [9.17, 15) is 19.3 Å². The van der Waals surface area contributed by atoms with Crippen LogP contribution in [0.5, 0.6) is 0 Å². The van der Waals surface area contributed by atoms with Crippen molar-refractivity contribution >= 4 is 19.5 Å². The van der Waals surface area contributed by atoms with Crippen molar-refractivity contribution in [3.8, 4) is 0 Å². The maximum atomic E-state index is 12.9. The number of hydrogen-bond donors (Lipinski definition) is 3. The number of nitrogens with zero attached hydrogens (tertiary/aromatic N) is 2. The Hall–Kier alpha value is -1.58. The van der Waals surface area contributed by atoms with Gasteiger partial charge in [-0.1, -0.05) is 52.9 Å². The first-order chi connectivity index (χ1) is 16.4. The predicted octanol–water partition coefficient (Wildman–Crippen LogP) is 4.07. The van der Waals surface area contributed by atoms with Gasteiger partial charge in [-0.05, 0) is 24.7 Å². The molecule has 0 aliphatic heterocycles. The van der Waals surface area contributed by atoms with Crippen LogP contribution < -0.4 is 10.6 Å². The molecule has 0 radical (unpaired) electrons. The van der Waals surface area contributed by atoms with Gasteiger partial charge in [0.2, 0.25) is 5.91 Å². The van der Waals surface area contributed by atoms with Crippen molar-refractivity contribution in [2.45, 2.75) is 97.0 Å². The highest BCUT2D eigenvalue weighted by molar-refractivity contribution is 7.54. The molecule has 1 heterocycles. The molecule has 1 aliphatic rings. The minimum absolute atomic E-state index is 0.144. The molecule has 10 nitrogen and oxygen atoms in total. The average Bonchev–Trinajstić information content (AvgIpc) is 3.25. The lowest BCUT2D eigenvalue weighted by Crippen LogP contribution is -2.46. The Balaban J connectivity index is 2.03. The van der Waals surface area contributed by atoms with Crippen LogP contribution in [-0.4, -0.2) is 58.7 Å². The van der Waals surface area contributed by atoms with Crippen molar-refractivity contribution in [3.63, 3.8) is 0 Å². The van der Waals surface area contributed by atoms with E-state index < -0.39 is 25.5 Å². The van der Waals surface area contributed by atoms with E-state index in [-0.39, 0.29) is 23.8 Å². The number of aromatic nitrogens is 2. The zero-order chi connectivity index (χ0) is 26.2. The fraction of sp³-hybridized carbons (Fsp3) is 0.792. The molecule has 3 atom stereocenters. The minimum atomic E-state index is -3.68. The van der Waals surface area contributed by atoms with Crippen LogP contribution in [0.4, 0.5) is 4.79 Å². The minimum Gasteiger partial charge on any atom is -0.379 e.